The van der Waals surface area contributed by atoms with Crippen LogP contribution in [0.5, 0.6) is 0 Å². The van der Waals surface area contributed by atoms with Gasteiger partial charge in [0.1, 0.15) is 18.8 Å². The lowest BCUT2D eigenvalue weighted by Crippen LogP contribution is -2.67. The molecule has 8 nitrogen and oxygen atoms in total. The maximum Gasteiger partial charge on any atom is 0.303 e. The van der Waals surface area contributed by atoms with E-state index in [1.807, 2.05) is 0 Å². The van der Waals surface area contributed by atoms with Crippen LogP contribution in [-0.2, 0) is 33.3 Å². The summed E-state index contributed by atoms with van der Waals surface area (Å²) < 4.78 is 22.3. The smallest absolute Gasteiger partial charge is 0.303 e. The largest absolute Gasteiger partial charge is 0.463 e. The summed E-state index contributed by atoms with van der Waals surface area (Å²) in [7, 11) is -2.17. The zero-order valence-corrected chi connectivity index (χ0v) is 23.7. The van der Waals surface area contributed by atoms with Gasteiger partial charge in [0, 0.05) is 20.8 Å². The second-order valence-corrected chi connectivity index (χ2v) is 15.5. The first-order valence-corrected chi connectivity index (χ1v) is 16.6. The summed E-state index contributed by atoms with van der Waals surface area (Å²) in [5.41, 5.74) is -0.521. The Morgan fingerprint density at radius 1 is 0.771 bits per heavy atom. The molecule has 5 unspecified atom stereocenters. The molecule has 0 aromatic heterocycles. The van der Waals surface area contributed by atoms with E-state index < -0.39 is 56.1 Å². The van der Waals surface area contributed by atoms with Crippen LogP contribution in [-0.4, -0.2) is 67.8 Å². The predicted molar refractivity (Wildman–Crippen MR) is 137 cm³/mol. The summed E-state index contributed by atoms with van der Waals surface area (Å²) in [6, 6.07) is 0.942. The summed E-state index contributed by atoms with van der Waals surface area (Å²) in [5, 5.41) is 11.1. The normalized spacial score (nSPS) is 24.6. The molecule has 1 aliphatic rings. The molecule has 35 heavy (non-hydrogen) atoms. The molecular formula is C26H48O8Si. The monoisotopic (exact) mass is 516 g/mol. The van der Waals surface area contributed by atoms with Crippen LogP contribution in [0.15, 0.2) is 0 Å². The summed E-state index contributed by atoms with van der Waals surface area (Å²) in [4.78, 5) is 34.9. The third kappa shape index (κ3) is 11.9. The minimum atomic E-state index is -2.17. The minimum Gasteiger partial charge on any atom is -0.463 e. The Balaban J connectivity index is 2.77. The number of unbranched alkanes of at least 4 members (excludes halogenated alkanes) is 9. The van der Waals surface area contributed by atoms with E-state index in [0.29, 0.717) is 0 Å². The van der Waals surface area contributed by atoms with Crippen LogP contribution in [0, 0.1) is 0 Å². The molecule has 0 amide bonds. The van der Waals surface area contributed by atoms with Crippen molar-refractivity contribution in [2.75, 3.05) is 6.61 Å². The van der Waals surface area contributed by atoms with Crippen LogP contribution in [0.2, 0.25) is 19.1 Å². The molecule has 5 atom stereocenters. The van der Waals surface area contributed by atoms with Crippen LogP contribution in [0.25, 0.3) is 0 Å². The van der Waals surface area contributed by atoms with Gasteiger partial charge in [-0.05, 0) is 0 Å². The third-order valence-electron chi connectivity index (χ3n) is 6.66. The zero-order valence-electron chi connectivity index (χ0n) is 22.7. The van der Waals surface area contributed by atoms with Crippen molar-refractivity contribution in [1.29, 1.82) is 0 Å². The topological polar surface area (TPSA) is 108 Å². The molecule has 0 aromatic carbocycles. The van der Waals surface area contributed by atoms with Gasteiger partial charge in [0.25, 0.3) is 0 Å². The number of aliphatic hydroxyl groups excluding tert-OH is 1. The Kier molecular flexibility index (Phi) is 14.7. The lowest BCUT2D eigenvalue weighted by molar-refractivity contribution is -0.233. The summed E-state index contributed by atoms with van der Waals surface area (Å²) in [5.74, 6) is -1.64. The molecule has 1 N–H and O–H groups in total. The Bertz CT molecular complexity index is 651. The van der Waals surface area contributed by atoms with Crippen molar-refractivity contribution in [3.05, 3.63) is 0 Å². The number of aliphatic hydroxyl groups is 1. The van der Waals surface area contributed by atoms with Crippen molar-refractivity contribution < 1.29 is 38.4 Å². The number of carbonyl (C=O) groups excluding carboxylic acids is 3. The van der Waals surface area contributed by atoms with Gasteiger partial charge in [0.15, 0.2) is 12.2 Å². The lowest BCUT2D eigenvalue weighted by Gasteiger charge is -2.48. The standard InChI is InChI=1S/C26H48O8Si/c1-7-8-9-10-11-12-13-14-15-16-17-35(5,6)26-25(33-21(4)29)23(30)24(32-20(3)28)22(34-26)18-31-19(2)27/h22-26,30H,7-18H2,1-6H3. The number of ether oxygens (including phenoxy) is 4. The van der Waals surface area contributed by atoms with Gasteiger partial charge in [-0.15, -0.1) is 0 Å². The number of rotatable bonds is 16. The minimum absolute atomic E-state index is 0.156. The second kappa shape index (κ2) is 16.3. The van der Waals surface area contributed by atoms with Crippen LogP contribution in [0.4, 0.5) is 0 Å². The van der Waals surface area contributed by atoms with E-state index in [2.05, 4.69) is 20.0 Å². The third-order valence-corrected chi connectivity index (χ3v) is 10.3. The van der Waals surface area contributed by atoms with Crippen molar-refractivity contribution >= 4 is 26.0 Å². The van der Waals surface area contributed by atoms with Crippen molar-refractivity contribution in [2.45, 2.75) is 141 Å². The van der Waals surface area contributed by atoms with Gasteiger partial charge in [-0.25, -0.2) is 0 Å². The molecule has 0 spiro atoms. The molecule has 1 heterocycles. The first-order valence-electron chi connectivity index (χ1n) is 13.3. The van der Waals surface area contributed by atoms with Crippen molar-refractivity contribution in [2.24, 2.45) is 0 Å². The Morgan fingerprint density at radius 2 is 1.26 bits per heavy atom. The molecule has 0 bridgehead atoms. The second-order valence-electron chi connectivity index (χ2n) is 10.5. The highest BCUT2D eigenvalue weighted by atomic mass is 28.3. The average molecular weight is 517 g/mol. The molecule has 1 aliphatic heterocycles. The van der Waals surface area contributed by atoms with E-state index >= 15 is 0 Å². The number of carbonyl (C=O) groups is 3. The van der Waals surface area contributed by atoms with E-state index in [4.69, 9.17) is 18.9 Å². The van der Waals surface area contributed by atoms with E-state index in [-0.39, 0.29) is 6.61 Å². The lowest BCUT2D eigenvalue weighted by atomic mass is 9.99. The van der Waals surface area contributed by atoms with Gasteiger partial charge < -0.3 is 24.1 Å². The highest BCUT2D eigenvalue weighted by molar-refractivity contribution is 6.78. The molecule has 0 radical (unpaired) electrons. The maximum atomic E-state index is 11.8. The van der Waals surface area contributed by atoms with E-state index in [9.17, 15) is 19.5 Å². The summed E-state index contributed by atoms with van der Waals surface area (Å²) >= 11 is 0. The Labute approximate surface area is 212 Å². The number of hydrogen-bond acceptors (Lipinski definition) is 8. The summed E-state index contributed by atoms with van der Waals surface area (Å²) in [6.45, 7) is 10.2. The predicted octanol–water partition coefficient (Wildman–Crippen LogP) is 4.71. The van der Waals surface area contributed by atoms with Crippen molar-refractivity contribution in [1.82, 2.24) is 0 Å². The molecule has 0 saturated carbocycles. The van der Waals surface area contributed by atoms with E-state index in [1.54, 1.807) is 0 Å². The molecule has 1 saturated heterocycles. The first-order chi connectivity index (χ1) is 16.5. The highest BCUT2D eigenvalue weighted by Crippen LogP contribution is 2.34. The fourth-order valence-electron chi connectivity index (χ4n) is 4.76. The Morgan fingerprint density at radius 3 is 1.74 bits per heavy atom. The molecule has 1 rings (SSSR count). The summed E-state index contributed by atoms with van der Waals surface area (Å²) in [6.07, 6.45) is 8.31. The maximum absolute atomic E-state index is 11.8. The van der Waals surface area contributed by atoms with E-state index in [0.717, 1.165) is 18.9 Å². The van der Waals surface area contributed by atoms with Gasteiger partial charge in [-0.1, -0.05) is 90.3 Å². The number of esters is 3. The van der Waals surface area contributed by atoms with Gasteiger partial charge >= 0.3 is 17.9 Å². The van der Waals surface area contributed by atoms with Crippen molar-refractivity contribution in [3.8, 4) is 0 Å². The van der Waals surface area contributed by atoms with Crippen LogP contribution in [0.1, 0.15) is 91.9 Å². The van der Waals surface area contributed by atoms with Gasteiger partial charge in [-0.2, -0.15) is 0 Å². The van der Waals surface area contributed by atoms with Crippen LogP contribution < -0.4 is 0 Å². The molecule has 0 aliphatic carbocycles. The molecule has 9 heteroatoms. The molecular weight excluding hydrogens is 468 g/mol. The quantitative estimate of drug-likeness (QED) is 0.136. The van der Waals surface area contributed by atoms with Crippen LogP contribution in [0.3, 0.4) is 0 Å². The van der Waals surface area contributed by atoms with Gasteiger partial charge in [0.2, 0.25) is 0 Å². The fourth-order valence-corrected chi connectivity index (χ4v) is 7.91. The molecule has 204 valence electrons. The first kappa shape index (κ1) is 31.6. The van der Waals surface area contributed by atoms with Gasteiger partial charge in [-0.3, -0.25) is 14.4 Å². The van der Waals surface area contributed by atoms with Crippen molar-refractivity contribution in [3.63, 3.8) is 0 Å². The fraction of sp³-hybridized carbons (Fsp3) is 0.885. The molecule has 1 fully saturated rings. The van der Waals surface area contributed by atoms with E-state index in [1.165, 1.54) is 72.1 Å². The highest BCUT2D eigenvalue weighted by Gasteiger charge is 2.54. The number of hydrogen-bond donors (Lipinski definition) is 1. The Hall–Kier alpha value is -1.45. The SMILES string of the molecule is CCCCCCCCCCCC[Si](C)(C)C1OC(COC(C)=O)C(OC(C)=O)C(O)C1OC(C)=O. The molecule has 0 aromatic rings. The van der Waals surface area contributed by atoms with Gasteiger partial charge in [0.05, 0.1) is 13.8 Å². The average Bonchev–Trinajstić information content (AvgIpc) is 2.76. The van der Waals surface area contributed by atoms with Crippen LogP contribution >= 0.6 is 0 Å². The zero-order chi connectivity index (χ0) is 26.4.